The van der Waals surface area contributed by atoms with Crippen LogP contribution in [-0.4, -0.2) is 30.6 Å². The van der Waals surface area contributed by atoms with Gasteiger partial charge >= 0.3 is 6.03 Å². The number of hydrogen-bond acceptors (Lipinski definition) is 2. The van der Waals surface area contributed by atoms with Gasteiger partial charge in [0.25, 0.3) is 0 Å². The number of anilines is 1. The fourth-order valence-corrected chi connectivity index (χ4v) is 3.31. The number of hydrogen-bond donors (Lipinski definition) is 2. The van der Waals surface area contributed by atoms with Crippen LogP contribution in [-0.2, 0) is 4.79 Å². The topological polar surface area (TPSA) is 61.4 Å². The Labute approximate surface area is 131 Å². The summed E-state index contributed by atoms with van der Waals surface area (Å²) in [4.78, 5) is 26.2. The molecule has 3 rings (SSSR count). The highest BCUT2D eigenvalue weighted by Gasteiger charge is 2.33. The van der Waals surface area contributed by atoms with E-state index >= 15 is 0 Å². The Morgan fingerprint density at radius 3 is 2.45 bits per heavy atom. The Bertz CT molecular complexity index is 526. The number of amides is 3. The monoisotopic (exact) mass is 301 g/mol. The van der Waals surface area contributed by atoms with Gasteiger partial charge in [-0.1, -0.05) is 37.5 Å². The molecule has 3 amide bonds. The molecule has 1 saturated heterocycles. The van der Waals surface area contributed by atoms with Gasteiger partial charge in [-0.2, -0.15) is 0 Å². The van der Waals surface area contributed by atoms with E-state index in [1.54, 1.807) is 4.90 Å². The molecule has 0 spiro atoms. The predicted molar refractivity (Wildman–Crippen MR) is 85.7 cm³/mol. The van der Waals surface area contributed by atoms with Gasteiger partial charge in [0.15, 0.2) is 0 Å². The van der Waals surface area contributed by atoms with E-state index in [1.807, 2.05) is 30.3 Å². The fourth-order valence-electron chi connectivity index (χ4n) is 3.31. The van der Waals surface area contributed by atoms with E-state index in [9.17, 15) is 9.59 Å². The number of nitrogens with zero attached hydrogens (tertiary/aromatic N) is 1. The van der Waals surface area contributed by atoms with Crippen LogP contribution in [0.5, 0.6) is 0 Å². The number of rotatable bonds is 3. The molecule has 1 aromatic carbocycles. The first-order valence-electron chi connectivity index (χ1n) is 8.17. The Morgan fingerprint density at radius 2 is 1.73 bits per heavy atom. The van der Waals surface area contributed by atoms with Crippen molar-refractivity contribution in [2.24, 2.45) is 0 Å². The zero-order valence-electron chi connectivity index (χ0n) is 12.8. The van der Waals surface area contributed by atoms with Crippen LogP contribution in [0.4, 0.5) is 10.5 Å². The predicted octanol–water partition coefficient (Wildman–Crippen LogP) is 2.42. The van der Waals surface area contributed by atoms with Crippen LogP contribution in [0.25, 0.3) is 0 Å². The van der Waals surface area contributed by atoms with Crippen molar-refractivity contribution < 1.29 is 9.59 Å². The van der Waals surface area contributed by atoms with Gasteiger partial charge in [-0.25, -0.2) is 4.79 Å². The summed E-state index contributed by atoms with van der Waals surface area (Å²) in [5.74, 6) is -0.0232. The smallest absolute Gasteiger partial charge is 0.315 e. The first-order chi connectivity index (χ1) is 10.7. The molecular formula is C17H23N3O2. The normalized spacial score (nSPS) is 22.6. The molecule has 118 valence electrons. The van der Waals surface area contributed by atoms with Crippen LogP contribution in [0, 0.1) is 0 Å². The molecule has 1 heterocycles. The van der Waals surface area contributed by atoms with Crippen molar-refractivity contribution in [3.8, 4) is 0 Å². The third-order valence-electron chi connectivity index (χ3n) is 4.52. The number of carbonyl (C=O) groups is 2. The van der Waals surface area contributed by atoms with Gasteiger partial charge in [-0.15, -0.1) is 0 Å². The maximum atomic E-state index is 12.4. The minimum Gasteiger partial charge on any atom is -0.335 e. The second-order valence-electron chi connectivity index (χ2n) is 6.12. The summed E-state index contributed by atoms with van der Waals surface area (Å²) in [7, 11) is 0. The maximum absolute atomic E-state index is 12.4. The van der Waals surface area contributed by atoms with Crippen molar-refractivity contribution in [3.63, 3.8) is 0 Å². The molecule has 1 aromatic rings. The van der Waals surface area contributed by atoms with Crippen LogP contribution in [0.2, 0.25) is 0 Å². The highest BCUT2D eigenvalue weighted by Crippen LogP contribution is 2.21. The SMILES string of the molecule is O=C(NC1CCCCC1)N[C@H]1CCN(c2ccccc2)C1=O. The molecule has 2 N–H and O–H groups in total. The van der Waals surface area contributed by atoms with E-state index in [4.69, 9.17) is 0 Å². The standard InChI is InChI=1S/C17H23N3O2/c21-16-15(11-12-20(16)14-9-5-2-6-10-14)19-17(22)18-13-7-3-1-4-8-13/h2,5-6,9-10,13,15H,1,3-4,7-8,11-12H2,(H2,18,19,22)/t15-/m0/s1. The van der Waals surface area contributed by atoms with E-state index in [1.165, 1.54) is 19.3 Å². The number of carbonyl (C=O) groups excluding carboxylic acids is 2. The Hall–Kier alpha value is -2.04. The number of para-hydroxylation sites is 1. The van der Waals surface area contributed by atoms with Gasteiger partial charge in [0.1, 0.15) is 6.04 Å². The molecular weight excluding hydrogens is 278 g/mol. The molecule has 0 bridgehead atoms. The molecule has 5 heteroatoms. The van der Waals surface area contributed by atoms with Crippen LogP contribution in [0.1, 0.15) is 38.5 Å². The minimum absolute atomic E-state index is 0.0232. The van der Waals surface area contributed by atoms with Crippen molar-refractivity contribution in [2.75, 3.05) is 11.4 Å². The first kappa shape index (κ1) is 14.9. The lowest BCUT2D eigenvalue weighted by Gasteiger charge is -2.24. The second kappa shape index (κ2) is 6.81. The number of urea groups is 1. The van der Waals surface area contributed by atoms with Gasteiger partial charge in [0, 0.05) is 18.3 Å². The molecule has 5 nitrogen and oxygen atoms in total. The van der Waals surface area contributed by atoms with E-state index in [-0.39, 0.29) is 18.0 Å². The molecule has 0 radical (unpaired) electrons. The van der Waals surface area contributed by atoms with Crippen molar-refractivity contribution in [3.05, 3.63) is 30.3 Å². The second-order valence-corrected chi connectivity index (χ2v) is 6.12. The highest BCUT2D eigenvalue weighted by molar-refractivity contribution is 6.01. The molecule has 2 fully saturated rings. The average molecular weight is 301 g/mol. The third-order valence-corrected chi connectivity index (χ3v) is 4.52. The van der Waals surface area contributed by atoms with Crippen molar-refractivity contribution in [1.29, 1.82) is 0 Å². The summed E-state index contributed by atoms with van der Waals surface area (Å²) in [5.41, 5.74) is 0.893. The van der Waals surface area contributed by atoms with E-state index in [0.29, 0.717) is 13.0 Å². The van der Waals surface area contributed by atoms with Crippen LogP contribution in [0.3, 0.4) is 0 Å². The summed E-state index contributed by atoms with van der Waals surface area (Å²) in [5, 5.41) is 5.83. The van der Waals surface area contributed by atoms with Crippen molar-refractivity contribution >= 4 is 17.6 Å². The van der Waals surface area contributed by atoms with Gasteiger partial charge < -0.3 is 15.5 Å². The molecule has 1 aliphatic carbocycles. The van der Waals surface area contributed by atoms with Crippen molar-refractivity contribution in [1.82, 2.24) is 10.6 Å². The lowest BCUT2D eigenvalue weighted by Crippen LogP contribution is -2.49. The quantitative estimate of drug-likeness (QED) is 0.900. The average Bonchev–Trinajstić information content (AvgIpc) is 2.90. The maximum Gasteiger partial charge on any atom is 0.315 e. The molecule has 1 atom stereocenters. The van der Waals surface area contributed by atoms with Gasteiger partial charge in [-0.05, 0) is 31.4 Å². The summed E-state index contributed by atoms with van der Waals surface area (Å²) >= 11 is 0. The Balaban J connectivity index is 1.53. The summed E-state index contributed by atoms with van der Waals surface area (Å²) in [6.07, 6.45) is 6.35. The van der Waals surface area contributed by atoms with Gasteiger partial charge in [-0.3, -0.25) is 4.79 Å². The summed E-state index contributed by atoms with van der Waals surface area (Å²) in [6.45, 7) is 0.650. The summed E-state index contributed by atoms with van der Waals surface area (Å²) < 4.78 is 0. The molecule has 0 unspecified atom stereocenters. The largest absolute Gasteiger partial charge is 0.335 e. The molecule has 1 aliphatic heterocycles. The molecule has 0 aromatic heterocycles. The molecule has 22 heavy (non-hydrogen) atoms. The molecule has 1 saturated carbocycles. The lowest BCUT2D eigenvalue weighted by molar-refractivity contribution is -0.118. The van der Waals surface area contributed by atoms with E-state index < -0.39 is 6.04 Å². The van der Waals surface area contributed by atoms with Gasteiger partial charge in [0.2, 0.25) is 5.91 Å². The van der Waals surface area contributed by atoms with Crippen LogP contribution >= 0.6 is 0 Å². The van der Waals surface area contributed by atoms with E-state index in [0.717, 1.165) is 18.5 Å². The van der Waals surface area contributed by atoms with Crippen LogP contribution in [0.15, 0.2) is 30.3 Å². The van der Waals surface area contributed by atoms with Crippen LogP contribution < -0.4 is 15.5 Å². The third kappa shape index (κ3) is 3.40. The van der Waals surface area contributed by atoms with Gasteiger partial charge in [0.05, 0.1) is 0 Å². The minimum atomic E-state index is -0.413. The summed E-state index contributed by atoms with van der Waals surface area (Å²) in [6, 6.07) is 9.24. The number of benzene rings is 1. The zero-order chi connectivity index (χ0) is 15.4. The lowest BCUT2D eigenvalue weighted by atomic mass is 9.96. The fraction of sp³-hybridized carbons (Fsp3) is 0.529. The Kier molecular flexibility index (Phi) is 4.61. The number of nitrogens with one attached hydrogen (secondary N) is 2. The van der Waals surface area contributed by atoms with E-state index in [2.05, 4.69) is 10.6 Å². The van der Waals surface area contributed by atoms with Crippen molar-refractivity contribution in [2.45, 2.75) is 50.6 Å². The molecule has 2 aliphatic rings. The zero-order valence-corrected chi connectivity index (χ0v) is 12.8. The Morgan fingerprint density at radius 1 is 1.00 bits per heavy atom. The first-order valence-corrected chi connectivity index (χ1v) is 8.17. The highest BCUT2D eigenvalue weighted by atomic mass is 16.2.